The first-order valence-electron chi connectivity index (χ1n) is 4.07. The summed E-state index contributed by atoms with van der Waals surface area (Å²) in [6.45, 7) is 5.19. The van der Waals surface area contributed by atoms with Crippen LogP contribution in [0.2, 0.25) is 0 Å². The fourth-order valence-electron chi connectivity index (χ4n) is 0.680. The molecule has 0 amide bonds. The van der Waals surface area contributed by atoms with Gasteiger partial charge in [0.25, 0.3) is 0 Å². The molecule has 0 saturated carbocycles. The van der Waals surface area contributed by atoms with Crippen LogP contribution >= 0.6 is 0 Å². The van der Waals surface area contributed by atoms with Crippen LogP contribution in [0.1, 0.15) is 13.8 Å². The lowest BCUT2D eigenvalue weighted by atomic mass is 10.3. The standard InChI is InChI=1S/C9H18O3/c1-4-8(2)5-12-7-9(10)6-11-3/h4,9-10H,5-7H2,1-3H3. The van der Waals surface area contributed by atoms with Crippen LogP contribution in [0.4, 0.5) is 0 Å². The first kappa shape index (κ1) is 11.6. The third-order valence-corrected chi connectivity index (χ3v) is 1.49. The Morgan fingerprint density at radius 2 is 2.17 bits per heavy atom. The molecule has 0 fully saturated rings. The normalized spacial score (nSPS) is 14.8. The van der Waals surface area contributed by atoms with Gasteiger partial charge in [-0.25, -0.2) is 0 Å². The summed E-state index contributed by atoms with van der Waals surface area (Å²) in [7, 11) is 1.56. The average Bonchev–Trinajstić information content (AvgIpc) is 2.04. The molecule has 0 bridgehead atoms. The van der Waals surface area contributed by atoms with Crippen LogP contribution in [0.15, 0.2) is 11.6 Å². The first-order chi connectivity index (χ1) is 5.70. The number of aliphatic hydroxyl groups excluding tert-OH is 1. The molecular weight excluding hydrogens is 156 g/mol. The molecule has 0 heterocycles. The number of rotatable bonds is 6. The Labute approximate surface area is 74.0 Å². The number of hydrogen-bond donors (Lipinski definition) is 1. The maximum absolute atomic E-state index is 9.17. The molecule has 0 saturated heterocycles. The summed E-state index contributed by atoms with van der Waals surface area (Å²) in [5, 5.41) is 9.17. The summed E-state index contributed by atoms with van der Waals surface area (Å²) in [6.07, 6.45) is 1.47. The summed E-state index contributed by atoms with van der Waals surface area (Å²) in [6, 6.07) is 0. The number of allylic oxidation sites excluding steroid dienone is 1. The molecule has 0 aromatic rings. The molecule has 0 aliphatic carbocycles. The molecule has 3 heteroatoms. The van der Waals surface area contributed by atoms with Gasteiger partial charge in [-0.1, -0.05) is 11.6 Å². The van der Waals surface area contributed by atoms with Crippen LogP contribution in [0.5, 0.6) is 0 Å². The number of methoxy groups -OCH3 is 1. The lowest BCUT2D eigenvalue weighted by molar-refractivity contribution is -0.000282. The van der Waals surface area contributed by atoms with Crippen molar-refractivity contribution >= 4 is 0 Å². The molecule has 1 atom stereocenters. The average molecular weight is 174 g/mol. The molecule has 0 aromatic carbocycles. The van der Waals surface area contributed by atoms with Gasteiger partial charge in [0.1, 0.15) is 6.10 Å². The van der Waals surface area contributed by atoms with Crippen LogP contribution in [-0.2, 0) is 9.47 Å². The second kappa shape index (κ2) is 7.28. The van der Waals surface area contributed by atoms with E-state index in [0.29, 0.717) is 19.8 Å². The van der Waals surface area contributed by atoms with E-state index in [4.69, 9.17) is 14.6 Å². The fraction of sp³-hybridized carbons (Fsp3) is 0.778. The van der Waals surface area contributed by atoms with Crippen LogP contribution in [0, 0.1) is 0 Å². The van der Waals surface area contributed by atoms with E-state index >= 15 is 0 Å². The molecule has 1 unspecified atom stereocenters. The van der Waals surface area contributed by atoms with Crippen LogP contribution in [0.3, 0.4) is 0 Å². The third-order valence-electron chi connectivity index (χ3n) is 1.49. The van der Waals surface area contributed by atoms with Gasteiger partial charge in [0, 0.05) is 7.11 Å². The number of ether oxygens (including phenoxy) is 2. The minimum absolute atomic E-state index is 0.328. The molecule has 0 spiro atoms. The van der Waals surface area contributed by atoms with Gasteiger partial charge in [-0.2, -0.15) is 0 Å². The molecule has 0 radical (unpaired) electrons. The molecule has 12 heavy (non-hydrogen) atoms. The molecule has 0 rings (SSSR count). The van der Waals surface area contributed by atoms with Crippen molar-refractivity contribution in [3.63, 3.8) is 0 Å². The van der Waals surface area contributed by atoms with E-state index in [0.717, 1.165) is 0 Å². The van der Waals surface area contributed by atoms with Gasteiger partial charge in [0.15, 0.2) is 0 Å². The highest BCUT2D eigenvalue weighted by Gasteiger charge is 2.02. The van der Waals surface area contributed by atoms with Crippen molar-refractivity contribution in [3.05, 3.63) is 11.6 Å². The Morgan fingerprint density at radius 3 is 2.67 bits per heavy atom. The van der Waals surface area contributed by atoms with Gasteiger partial charge < -0.3 is 14.6 Å². The maximum atomic E-state index is 9.17. The topological polar surface area (TPSA) is 38.7 Å². The highest BCUT2D eigenvalue weighted by atomic mass is 16.5. The molecular formula is C9H18O3. The van der Waals surface area contributed by atoms with Crippen LogP contribution < -0.4 is 0 Å². The van der Waals surface area contributed by atoms with E-state index in [1.165, 1.54) is 5.57 Å². The van der Waals surface area contributed by atoms with Crippen molar-refractivity contribution in [2.24, 2.45) is 0 Å². The monoisotopic (exact) mass is 174 g/mol. The van der Waals surface area contributed by atoms with Crippen molar-refractivity contribution < 1.29 is 14.6 Å². The minimum atomic E-state index is -0.514. The maximum Gasteiger partial charge on any atom is 0.101 e. The molecule has 0 aliphatic rings. The second-order valence-corrected chi connectivity index (χ2v) is 2.76. The molecule has 3 nitrogen and oxygen atoms in total. The van der Waals surface area contributed by atoms with E-state index in [2.05, 4.69) is 0 Å². The Hall–Kier alpha value is -0.380. The largest absolute Gasteiger partial charge is 0.388 e. The second-order valence-electron chi connectivity index (χ2n) is 2.76. The smallest absolute Gasteiger partial charge is 0.101 e. The Kier molecular flexibility index (Phi) is 7.05. The Balaban J connectivity index is 3.30. The molecule has 0 aliphatic heterocycles. The van der Waals surface area contributed by atoms with Crippen LogP contribution in [0.25, 0.3) is 0 Å². The van der Waals surface area contributed by atoms with Gasteiger partial charge >= 0.3 is 0 Å². The Morgan fingerprint density at radius 1 is 1.50 bits per heavy atom. The summed E-state index contributed by atoms with van der Waals surface area (Å²) in [5.41, 5.74) is 1.17. The summed E-state index contributed by atoms with van der Waals surface area (Å²) in [4.78, 5) is 0. The molecule has 0 aromatic heterocycles. The van der Waals surface area contributed by atoms with E-state index in [1.807, 2.05) is 19.9 Å². The summed E-state index contributed by atoms with van der Waals surface area (Å²) >= 11 is 0. The number of hydrogen-bond acceptors (Lipinski definition) is 3. The number of aliphatic hydroxyl groups is 1. The van der Waals surface area contributed by atoms with Crippen molar-refractivity contribution in [2.45, 2.75) is 20.0 Å². The quantitative estimate of drug-likeness (QED) is 0.610. The lowest BCUT2D eigenvalue weighted by Crippen LogP contribution is -2.21. The predicted molar refractivity (Wildman–Crippen MR) is 48.1 cm³/mol. The van der Waals surface area contributed by atoms with Crippen molar-refractivity contribution in [1.29, 1.82) is 0 Å². The highest BCUT2D eigenvalue weighted by molar-refractivity contribution is 4.95. The predicted octanol–water partition coefficient (Wildman–Crippen LogP) is 0.976. The van der Waals surface area contributed by atoms with Gasteiger partial charge in [-0.05, 0) is 13.8 Å². The van der Waals surface area contributed by atoms with Gasteiger partial charge in [-0.3, -0.25) is 0 Å². The van der Waals surface area contributed by atoms with Crippen molar-refractivity contribution in [3.8, 4) is 0 Å². The van der Waals surface area contributed by atoms with E-state index in [9.17, 15) is 0 Å². The van der Waals surface area contributed by atoms with E-state index in [-0.39, 0.29) is 0 Å². The summed E-state index contributed by atoms with van der Waals surface area (Å²) in [5.74, 6) is 0. The first-order valence-corrected chi connectivity index (χ1v) is 4.07. The van der Waals surface area contributed by atoms with Crippen molar-refractivity contribution in [2.75, 3.05) is 26.9 Å². The van der Waals surface area contributed by atoms with Gasteiger partial charge in [-0.15, -0.1) is 0 Å². The van der Waals surface area contributed by atoms with E-state index in [1.54, 1.807) is 7.11 Å². The Bertz CT molecular complexity index is 132. The highest BCUT2D eigenvalue weighted by Crippen LogP contribution is 1.94. The minimum Gasteiger partial charge on any atom is -0.388 e. The lowest BCUT2D eigenvalue weighted by Gasteiger charge is -2.09. The van der Waals surface area contributed by atoms with Gasteiger partial charge in [0.05, 0.1) is 19.8 Å². The summed E-state index contributed by atoms with van der Waals surface area (Å²) < 4.78 is 9.95. The van der Waals surface area contributed by atoms with Crippen LogP contribution in [-0.4, -0.2) is 38.1 Å². The van der Waals surface area contributed by atoms with Gasteiger partial charge in [0.2, 0.25) is 0 Å². The fourth-order valence-corrected chi connectivity index (χ4v) is 0.680. The zero-order chi connectivity index (χ0) is 9.40. The molecule has 72 valence electrons. The third kappa shape index (κ3) is 6.34. The van der Waals surface area contributed by atoms with Crippen molar-refractivity contribution in [1.82, 2.24) is 0 Å². The zero-order valence-electron chi connectivity index (χ0n) is 8.04. The SMILES string of the molecule is CC=C(C)COCC(O)COC. The molecule has 1 N–H and O–H groups in total. The zero-order valence-corrected chi connectivity index (χ0v) is 8.04. The van der Waals surface area contributed by atoms with E-state index < -0.39 is 6.10 Å².